The van der Waals surface area contributed by atoms with Gasteiger partial charge in [-0.2, -0.15) is 0 Å². The van der Waals surface area contributed by atoms with Gasteiger partial charge in [0, 0.05) is 0 Å². The van der Waals surface area contributed by atoms with Crippen LogP contribution in [0.15, 0.2) is 24.3 Å². The van der Waals surface area contributed by atoms with E-state index in [9.17, 15) is 18.0 Å². The Labute approximate surface area is 141 Å². The highest BCUT2D eigenvalue weighted by Gasteiger charge is 2.43. The van der Waals surface area contributed by atoms with Crippen molar-refractivity contribution < 1.29 is 22.7 Å². The van der Waals surface area contributed by atoms with Crippen LogP contribution in [0.1, 0.15) is 31.2 Å². The van der Waals surface area contributed by atoms with E-state index in [2.05, 4.69) is 10.0 Å². The first kappa shape index (κ1) is 18.3. The first-order valence-electron chi connectivity index (χ1n) is 7.71. The molecule has 1 aromatic rings. The van der Waals surface area contributed by atoms with Gasteiger partial charge in [-0.3, -0.25) is 9.52 Å². The second-order valence-electron chi connectivity index (χ2n) is 6.04. The zero-order valence-electron chi connectivity index (χ0n) is 13.8. The van der Waals surface area contributed by atoms with Crippen LogP contribution in [-0.2, 0) is 30.8 Å². The van der Waals surface area contributed by atoms with Crippen molar-refractivity contribution in [2.75, 3.05) is 18.1 Å². The Morgan fingerprint density at radius 3 is 2.42 bits per heavy atom. The Morgan fingerprint density at radius 2 is 1.83 bits per heavy atom. The monoisotopic (exact) mass is 354 g/mol. The molecule has 0 heterocycles. The second kappa shape index (κ2) is 7.21. The number of hydrogen-bond acceptors (Lipinski definition) is 5. The van der Waals surface area contributed by atoms with E-state index in [1.54, 1.807) is 24.3 Å². The quantitative estimate of drug-likeness (QED) is 0.748. The molecule has 0 atom stereocenters. The predicted octanol–water partition coefficient (Wildman–Crippen LogP) is 1.20. The van der Waals surface area contributed by atoms with Gasteiger partial charge in [0.15, 0.2) is 0 Å². The minimum Gasteiger partial charge on any atom is -0.467 e. The summed E-state index contributed by atoms with van der Waals surface area (Å²) < 4.78 is 30.1. The van der Waals surface area contributed by atoms with E-state index in [-0.39, 0.29) is 12.3 Å². The highest BCUT2D eigenvalue weighted by molar-refractivity contribution is 7.92. The van der Waals surface area contributed by atoms with Crippen molar-refractivity contribution >= 4 is 27.6 Å². The molecule has 0 aliphatic heterocycles. The Kier molecular flexibility index (Phi) is 5.48. The molecule has 1 saturated carbocycles. The number of para-hydroxylation sites is 1. The van der Waals surface area contributed by atoms with Crippen LogP contribution in [0.4, 0.5) is 5.69 Å². The fourth-order valence-electron chi connectivity index (χ4n) is 3.01. The van der Waals surface area contributed by atoms with Crippen LogP contribution < -0.4 is 10.0 Å². The summed E-state index contributed by atoms with van der Waals surface area (Å²) in [5.41, 5.74) is -0.0717. The lowest BCUT2D eigenvalue weighted by Crippen LogP contribution is -2.53. The van der Waals surface area contributed by atoms with E-state index < -0.39 is 21.5 Å². The molecule has 24 heavy (non-hydrogen) atoms. The van der Waals surface area contributed by atoms with Crippen LogP contribution in [0, 0.1) is 0 Å². The minimum absolute atomic E-state index is 0.0303. The Balaban J connectivity index is 2.14. The van der Waals surface area contributed by atoms with Crippen LogP contribution in [0.3, 0.4) is 0 Å². The molecule has 0 unspecified atom stereocenters. The summed E-state index contributed by atoms with van der Waals surface area (Å²) in [6, 6.07) is 6.67. The third-order valence-corrected chi connectivity index (χ3v) is 4.67. The fraction of sp³-hybridized carbons (Fsp3) is 0.500. The van der Waals surface area contributed by atoms with Crippen molar-refractivity contribution in [2.45, 2.75) is 37.6 Å². The molecule has 1 amide bonds. The summed E-state index contributed by atoms with van der Waals surface area (Å²) in [5.74, 6) is -0.777. The van der Waals surface area contributed by atoms with Gasteiger partial charge in [0.2, 0.25) is 15.9 Å². The number of nitrogens with one attached hydrogen (secondary N) is 2. The summed E-state index contributed by atoms with van der Waals surface area (Å²) in [6.45, 7) is 0. The van der Waals surface area contributed by atoms with Gasteiger partial charge in [0.1, 0.15) is 5.54 Å². The largest absolute Gasteiger partial charge is 0.467 e. The van der Waals surface area contributed by atoms with Crippen molar-refractivity contribution in [3.05, 3.63) is 29.8 Å². The number of hydrogen-bond donors (Lipinski definition) is 2. The lowest BCUT2D eigenvalue weighted by molar-refractivity contribution is -0.150. The molecule has 1 aliphatic carbocycles. The maximum atomic E-state index is 12.4. The van der Waals surface area contributed by atoms with Gasteiger partial charge in [-0.05, 0) is 24.5 Å². The molecule has 1 aliphatic rings. The highest BCUT2D eigenvalue weighted by Crippen LogP contribution is 2.31. The number of rotatable bonds is 6. The van der Waals surface area contributed by atoms with Crippen molar-refractivity contribution in [1.82, 2.24) is 5.32 Å². The molecule has 1 fully saturated rings. The van der Waals surface area contributed by atoms with Gasteiger partial charge in [-0.15, -0.1) is 0 Å². The molecule has 7 nitrogen and oxygen atoms in total. The maximum Gasteiger partial charge on any atom is 0.331 e. The summed E-state index contributed by atoms with van der Waals surface area (Å²) >= 11 is 0. The van der Waals surface area contributed by atoms with Gasteiger partial charge in [-0.25, -0.2) is 13.2 Å². The molecule has 0 spiro atoms. The van der Waals surface area contributed by atoms with Gasteiger partial charge in [0.05, 0.1) is 25.5 Å². The average molecular weight is 354 g/mol. The molecule has 132 valence electrons. The molecule has 0 bridgehead atoms. The van der Waals surface area contributed by atoms with Crippen LogP contribution in [0.25, 0.3) is 0 Å². The first-order chi connectivity index (χ1) is 11.3. The van der Waals surface area contributed by atoms with E-state index in [0.717, 1.165) is 19.1 Å². The zero-order chi connectivity index (χ0) is 17.8. The SMILES string of the molecule is COC(=O)C1(NC(=O)Cc2ccccc2NS(C)(=O)=O)CCCC1. The Bertz CT molecular complexity index is 724. The second-order valence-corrected chi connectivity index (χ2v) is 7.79. The molecular weight excluding hydrogens is 332 g/mol. The van der Waals surface area contributed by atoms with E-state index in [1.807, 2.05) is 0 Å². The Morgan fingerprint density at radius 1 is 1.21 bits per heavy atom. The van der Waals surface area contributed by atoms with Crippen LogP contribution in [-0.4, -0.2) is 39.2 Å². The number of carbonyl (C=O) groups is 2. The third kappa shape index (κ3) is 4.47. The number of amides is 1. The van der Waals surface area contributed by atoms with E-state index >= 15 is 0 Å². The number of sulfonamides is 1. The number of anilines is 1. The van der Waals surface area contributed by atoms with Crippen molar-refractivity contribution in [3.63, 3.8) is 0 Å². The Hall–Kier alpha value is -2.09. The van der Waals surface area contributed by atoms with E-state index in [4.69, 9.17) is 4.74 Å². The number of esters is 1. The van der Waals surface area contributed by atoms with Crippen molar-refractivity contribution in [1.29, 1.82) is 0 Å². The van der Waals surface area contributed by atoms with E-state index in [0.29, 0.717) is 24.1 Å². The molecular formula is C16H22N2O5S. The standard InChI is InChI=1S/C16H22N2O5S/c1-23-15(20)16(9-5-6-10-16)17-14(19)11-12-7-3-4-8-13(12)18-24(2,21)22/h3-4,7-8,18H,5-6,9-11H2,1-2H3,(H,17,19). The smallest absolute Gasteiger partial charge is 0.331 e. The number of carbonyl (C=O) groups excluding carboxylic acids is 2. The van der Waals surface area contributed by atoms with Crippen molar-refractivity contribution in [2.24, 2.45) is 0 Å². The van der Waals surface area contributed by atoms with Crippen molar-refractivity contribution in [3.8, 4) is 0 Å². The fourth-order valence-corrected chi connectivity index (χ4v) is 3.61. The minimum atomic E-state index is -3.44. The number of ether oxygens (including phenoxy) is 1. The molecule has 1 aromatic carbocycles. The van der Waals surface area contributed by atoms with Crippen LogP contribution in [0.2, 0.25) is 0 Å². The highest BCUT2D eigenvalue weighted by atomic mass is 32.2. The first-order valence-corrected chi connectivity index (χ1v) is 9.60. The summed E-state index contributed by atoms with van der Waals surface area (Å²) in [5, 5.41) is 2.79. The summed E-state index contributed by atoms with van der Waals surface area (Å²) in [7, 11) is -2.14. The van der Waals surface area contributed by atoms with Gasteiger partial charge < -0.3 is 10.1 Å². The molecule has 8 heteroatoms. The average Bonchev–Trinajstić information content (AvgIpc) is 2.96. The van der Waals surface area contributed by atoms with Crippen LogP contribution in [0.5, 0.6) is 0 Å². The van der Waals surface area contributed by atoms with E-state index in [1.165, 1.54) is 7.11 Å². The molecule has 0 radical (unpaired) electrons. The lowest BCUT2D eigenvalue weighted by atomic mass is 9.97. The maximum absolute atomic E-state index is 12.4. The van der Waals surface area contributed by atoms with Gasteiger partial charge in [-0.1, -0.05) is 31.0 Å². The third-order valence-electron chi connectivity index (χ3n) is 4.08. The number of benzene rings is 1. The number of methoxy groups -OCH3 is 1. The summed E-state index contributed by atoms with van der Waals surface area (Å²) in [6.07, 6.45) is 3.82. The molecule has 0 aromatic heterocycles. The predicted molar refractivity (Wildman–Crippen MR) is 90.0 cm³/mol. The molecule has 2 N–H and O–H groups in total. The topological polar surface area (TPSA) is 102 Å². The molecule has 2 rings (SSSR count). The lowest BCUT2D eigenvalue weighted by Gasteiger charge is -2.27. The normalized spacial score (nSPS) is 16.4. The van der Waals surface area contributed by atoms with Gasteiger partial charge in [0.25, 0.3) is 0 Å². The molecule has 0 saturated heterocycles. The van der Waals surface area contributed by atoms with Gasteiger partial charge >= 0.3 is 5.97 Å². The summed E-state index contributed by atoms with van der Waals surface area (Å²) in [4.78, 5) is 24.5. The van der Waals surface area contributed by atoms with Crippen LogP contribution >= 0.6 is 0 Å². The zero-order valence-corrected chi connectivity index (χ0v) is 14.6.